The van der Waals surface area contributed by atoms with Crippen molar-refractivity contribution in [2.24, 2.45) is 12.5 Å². The maximum Gasteiger partial charge on any atom is 0.257 e. The Morgan fingerprint density at radius 3 is 2.69 bits per heavy atom. The average Bonchev–Trinajstić information content (AvgIpc) is 3.28. The van der Waals surface area contributed by atoms with E-state index in [0.29, 0.717) is 16.7 Å². The van der Waals surface area contributed by atoms with Gasteiger partial charge in [0.15, 0.2) is 0 Å². The quantitative estimate of drug-likeness (QED) is 0.919. The fraction of sp³-hybridized carbons (Fsp3) is 0.500. The van der Waals surface area contributed by atoms with E-state index in [0.717, 1.165) is 50.3 Å². The molecule has 0 saturated carbocycles. The number of aryl methyl sites for hydroxylation is 1. The Kier molecular flexibility index (Phi) is 4.44. The predicted molar refractivity (Wildman–Crippen MR) is 100 cm³/mol. The number of benzene rings is 1. The van der Waals surface area contributed by atoms with E-state index in [-0.39, 0.29) is 5.91 Å². The fourth-order valence-electron chi connectivity index (χ4n) is 4.26. The lowest BCUT2D eigenvalue weighted by molar-refractivity contribution is 0.0608. The maximum atomic E-state index is 13.2. The molecular formula is C20H26N4O2. The van der Waals surface area contributed by atoms with Gasteiger partial charge in [-0.3, -0.25) is 9.48 Å². The highest BCUT2D eigenvalue weighted by atomic mass is 16.5. The van der Waals surface area contributed by atoms with Crippen molar-refractivity contribution in [3.8, 4) is 17.0 Å². The molecule has 2 saturated heterocycles. The Bertz CT molecular complexity index is 798. The number of likely N-dealkylation sites (tertiary alicyclic amines) is 1. The maximum absolute atomic E-state index is 13.2. The van der Waals surface area contributed by atoms with Gasteiger partial charge < -0.3 is 15.0 Å². The predicted octanol–water partition coefficient (Wildman–Crippen LogP) is 2.31. The van der Waals surface area contributed by atoms with Crippen molar-refractivity contribution in [1.29, 1.82) is 0 Å². The molecule has 4 rings (SSSR count). The minimum atomic E-state index is 0.0693. The largest absolute Gasteiger partial charge is 0.496 e. The van der Waals surface area contributed by atoms with Gasteiger partial charge in [-0.15, -0.1) is 0 Å². The molecule has 1 spiro atoms. The van der Waals surface area contributed by atoms with E-state index in [1.807, 2.05) is 42.4 Å². The number of carbonyl (C=O) groups is 1. The van der Waals surface area contributed by atoms with Crippen molar-refractivity contribution >= 4 is 5.91 Å². The van der Waals surface area contributed by atoms with Crippen molar-refractivity contribution in [3.05, 3.63) is 36.0 Å². The lowest BCUT2D eigenvalue weighted by Gasteiger charge is -2.38. The van der Waals surface area contributed by atoms with E-state index in [9.17, 15) is 4.79 Å². The molecule has 3 heterocycles. The molecule has 0 radical (unpaired) electrons. The van der Waals surface area contributed by atoms with Crippen LogP contribution in [-0.2, 0) is 7.05 Å². The number of aromatic nitrogens is 2. The molecule has 138 valence electrons. The second-order valence-electron chi connectivity index (χ2n) is 7.48. The van der Waals surface area contributed by atoms with E-state index in [2.05, 4.69) is 10.4 Å². The van der Waals surface area contributed by atoms with Crippen molar-refractivity contribution in [3.63, 3.8) is 0 Å². The lowest BCUT2D eigenvalue weighted by Crippen LogP contribution is -2.44. The van der Waals surface area contributed by atoms with Crippen LogP contribution >= 0.6 is 0 Å². The Morgan fingerprint density at radius 2 is 2.00 bits per heavy atom. The molecule has 1 aromatic heterocycles. The van der Waals surface area contributed by atoms with Crippen LogP contribution in [0.5, 0.6) is 5.75 Å². The van der Waals surface area contributed by atoms with Gasteiger partial charge in [0.05, 0.1) is 12.7 Å². The first-order valence-electron chi connectivity index (χ1n) is 9.29. The van der Waals surface area contributed by atoms with Gasteiger partial charge in [0.2, 0.25) is 0 Å². The van der Waals surface area contributed by atoms with Crippen LogP contribution in [0.2, 0.25) is 0 Å². The van der Waals surface area contributed by atoms with Crippen LogP contribution in [0.15, 0.2) is 30.5 Å². The van der Waals surface area contributed by atoms with E-state index >= 15 is 0 Å². The second kappa shape index (κ2) is 6.76. The molecular weight excluding hydrogens is 328 g/mol. The molecule has 0 aliphatic carbocycles. The summed E-state index contributed by atoms with van der Waals surface area (Å²) in [5.74, 6) is 0.801. The topological polar surface area (TPSA) is 59.4 Å². The van der Waals surface area contributed by atoms with Gasteiger partial charge in [-0.2, -0.15) is 5.10 Å². The normalized spacial score (nSPS) is 19.1. The summed E-state index contributed by atoms with van der Waals surface area (Å²) in [6, 6.07) is 7.72. The number of carbonyl (C=O) groups excluding carboxylic acids is 1. The first kappa shape index (κ1) is 17.1. The third kappa shape index (κ3) is 2.98. The number of hydrogen-bond donors (Lipinski definition) is 1. The van der Waals surface area contributed by atoms with Crippen LogP contribution in [-0.4, -0.2) is 53.9 Å². The van der Waals surface area contributed by atoms with Crippen LogP contribution in [0.1, 0.15) is 29.6 Å². The van der Waals surface area contributed by atoms with Gasteiger partial charge in [0.25, 0.3) is 5.91 Å². The molecule has 0 unspecified atom stereocenters. The van der Waals surface area contributed by atoms with Gasteiger partial charge in [0, 0.05) is 38.4 Å². The van der Waals surface area contributed by atoms with E-state index in [4.69, 9.17) is 4.74 Å². The lowest BCUT2D eigenvalue weighted by atomic mass is 9.78. The van der Waals surface area contributed by atoms with Crippen molar-refractivity contribution in [2.75, 3.05) is 33.3 Å². The molecule has 0 atom stereocenters. The van der Waals surface area contributed by atoms with Gasteiger partial charge in [0.1, 0.15) is 11.4 Å². The number of nitrogens with zero attached hydrogens (tertiary/aromatic N) is 3. The van der Waals surface area contributed by atoms with Crippen molar-refractivity contribution in [2.45, 2.75) is 19.3 Å². The molecule has 6 nitrogen and oxygen atoms in total. The smallest absolute Gasteiger partial charge is 0.257 e. The Labute approximate surface area is 154 Å². The van der Waals surface area contributed by atoms with Crippen LogP contribution in [0.3, 0.4) is 0 Å². The summed E-state index contributed by atoms with van der Waals surface area (Å²) in [6.07, 6.45) is 5.21. The fourth-order valence-corrected chi connectivity index (χ4v) is 4.26. The summed E-state index contributed by atoms with van der Waals surface area (Å²) < 4.78 is 7.18. The minimum Gasteiger partial charge on any atom is -0.496 e. The van der Waals surface area contributed by atoms with E-state index < -0.39 is 0 Å². The molecule has 1 amide bonds. The Balaban J connectivity index is 1.59. The number of rotatable bonds is 3. The second-order valence-corrected chi connectivity index (χ2v) is 7.48. The van der Waals surface area contributed by atoms with Crippen LogP contribution < -0.4 is 10.1 Å². The van der Waals surface area contributed by atoms with Crippen molar-refractivity contribution < 1.29 is 9.53 Å². The Hall–Kier alpha value is -2.34. The van der Waals surface area contributed by atoms with Crippen LogP contribution in [0, 0.1) is 5.41 Å². The molecule has 1 N–H and O–H groups in total. The molecule has 2 aliphatic rings. The standard InChI is InChI=1S/C20H26N4O2/c1-23-13-16(18(22-23)15-5-3-4-6-17(15)26-2)19(25)24-11-8-20(9-12-24)7-10-21-14-20/h3-6,13,21H,7-12,14H2,1-2H3. The van der Waals surface area contributed by atoms with Gasteiger partial charge in [-0.25, -0.2) is 0 Å². The Morgan fingerprint density at radius 1 is 1.23 bits per heavy atom. The number of amides is 1. The minimum absolute atomic E-state index is 0.0693. The first-order chi connectivity index (χ1) is 12.6. The summed E-state index contributed by atoms with van der Waals surface area (Å²) in [4.78, 5) is 15.2. The summed E-state index contributed by atoms with van der Waals surface area (Å²) in [6.45, 7) is 3.84. The number of nitrogens with one attached hydrogen (secondary N) is 1. The number of methoxy groups -OCH3 is 1. The molecule has 0 bridgehead atoms. The first-order valence-corrected chi connectivity index (χ1v) is 9.29. The number of piperidine rings is 1. The van der Waals surface area contributed by atoms with Gasteiger partial charge in [-0.1, -0.05) is 12.1 Å². The third-order valence-corrected chi connectivity index (χ3v) is 5.86. The van der Waals surface area contributed by atoms with Crippen molar-refractivity contribution in [1.82, 2.24) is 20.0 Å². The summed E-state index contributed by atoms with van der Waals surface area (Å²) in [5.41, 5.74) is 2.60. The number of para-hydroxylation sites is 1. The molecule has 2 fully saturated rings. The highest BCUT2D eigenvalue weighted by Crippen LogP contribution is 2.38. The number of ether oxygens (including phenoxy) is 1. The summed E-state index contributed by atoms with van der Waals surface area (Å²) in [5, 5.41) is 8.03. The van der Waals surface area contributed by atoms with E-state index in [1.165, 1.54) is 6.42 Å². The molecule has 1 aromatic carbocycles. The van der Waals surface area contributed by atoms with Crippen LogP contribution in [0.4, 0.5) is 0 Å². The third-order valence-electron chi connectivity index (χ3n) is 5.86. The zero-order valence-corrected chi connectivity index (χ0v) is 15.5. The van der Waals surface area contributed by atoms with E-state index in [1.54, 1.807) is 11.8 Å². The number of hydrogen-bond acceptors (Lipinski definition) is 4. The molecule has 2 aliphatic heterocycles. The monoisotopic (exact) mass is 354 g/mol. The van der Waals surface area contributed by atoms with Gasteiger partial charge in [-0.05, 0) is 43.4 Å². The molecule has 2 aromatic rings. The molecule has 6 heteroatoms. The average molecular weight is 354 g/mol. The molecule has 26 heavy (non-hydrogen) atoms. The summed E-state index contributed by atoms with van der Waals surface area (Å²) in [7, 11) is 3.49. The van der Waals surface area contributed by atoms with Gasteiger partial charge >= 0.3 is 0 Å². The van der Waals surface area contributed by atoms with Crippen LogP contribution in [0.25, 0.3) is 11.3 Å². The highest BCUT2D eigenvalue weighted by molar-refractivity contribution is 6.00. The zero-order chi connectivity index (χ0) is 18.1. The zero-order valence-electron chi connectivity index (χ0n) is 15.5. The summed E-state index contributed by atoms with van der Waals surface area (Å²) >= 11 is 0. The highest BCUT2D eigenvalue weighted by Gasteiger charge is 2.38. The SMILES string of the molecule is COc1ccccc1-c1nn(C)cc1C(=O)N1CCC2(CCNC2)CC1.